The number of hydrogen-bond acceptors (Lipinski definition) is 5. The summed E-state index contributed by atoms with van der Waals surface area (Å²) in [6.45, 7) is 1.85. The summed E-state index contributed by atoms with van der Waals surface area (Å²) in [5, 5.41) is 13.1. The van der Waals surface area contributed by atoms with Gasteiger partial charge in [0.15, 0.2) is 5.76 Å². The molecule has 21 heavy (non-hydrogen) atoms. The van der Waals surface area contributed by atoms with Gasteiger partial charge in [0.2, 0.25) is 0 Å². The van der Waals surface area contributed by atoms with Gasteiger partial charge < -0.3 is 19.3 Å². The number of ether oxygens (including phenoxy) is 1. The van der Waals surface area contributed by atoms with Gasteiger partial charge in [0.1, 0.15) is 12.3 Å². The van der Waals surface area contributed by atoms with Crippen LogP contribution in [0.2, 0.25) is 0 Å². The predicted molar refractivity (Wildman–Crippen MR) is 75.4 cm³/mol. The molecule has 2 heterocycles. The molecule has 0 spiro atoms. The Morgan fingerprint density at radius 2 is 2.33 bits per heavy atom. The molecule has 0 saturated carbocycles. The minimum absolute atomic E-state index is 0.306. The van der Waals surface area contributed by atoms with Gasteiger partial charge in [-0.05, 0) is 24.1 Å². The first-order chi connectivity index (χ1) is 10.2. The Morgan fingerprint density at radius 1 is 1.48 bits per heavy atom. The zero-order valence-corrected chi connectivity index (χ0v) is 11.7. The molecule has 0 atom stereocenters. The summed E-state index contributed by atoms with van der Waals surface area (Å²) >= 11 is 0. The van der Waals surface area contributed by atoms with Crippen molar-refractivity contribution in [2.45, 2.75) is 19.6 Å². The quantitative estimate of drug-likeness (QED) is 0.907. The van der Waals surface area contributed by atoms with Crippen LogP contribution in [0, 0.1) is 0 Å². The predicted octanol–water partition coefficient (Wildman–Crippen LogP) is 2.08. The van der Waals surface area contributed by atoms with Crippen molar-refractivity contribution < 1.29 is 19.2 Å². The molecule has 1 aromatic carbocycles. The third kappa shape index (κ3) is 2.75. The third-order valence-electron chi connectivity index (χ3n) is 3.57. The molecule has 110 valence electrons. The van der Waals surface area contributed by atoms with Crippen LogP contribution in [-0.4, -0.2) is 29.9 Å². The van der Waals surface area contributed by atoms with Crippen molar-refractivity contribution in [3.63, 3.8) is 0 Å². The summed E-state index contributed by atoms with van der Waals surface area (Å²) in [4.78, 5) is 13.2. The summed E-state index contributed by atoms with van der Waals surface area (Å²) in [5.41, 5.74) is 3.25. The van der Waals surface area contributed by atoms with E-state index in [1.807, 2.05) is 12.1 Å². The van der Waals surface area contributed by atoms with Crippen molar-refractivity contribution in [2.24, 2.45) is 0 Å². The summed E-state index contributed by atoms with van der Waals surface area (Å²) in [6, 6.07) is 7.12. The molecule has 0 unspecified atom stereocenters. The van der Waals surface area contributed by atoms with Crippen LogP contribution in [0.15, 0.2) is 28.8 Å². The van der Waals surface area contributed by atoms with Crippen molar-refractivity contribution in [1.29, 1.82) is 0 Å². The van der Waals surface area contributed by atoms with Gasteiger partial charge in [0, 0.05) is 25.4 Å². The zero-order chi connectivity index (χ0) is 14.8. The highest BCUT2D eigenvalue weighted by atomic mass is 16.5. The first-order valence-corrected chi connectivity index (χ1v) is 6.72. The van der Waals surface area contributed by atoms with E-state index in [0.29, 0.717) is 24.5 Å². The minimum atomic E-state index is -0.909. The normalized spacial score (nSPS) is 13.5. The molecule has 0 aliphatic carbocycles. The standard InChI is InChI=1S/C15H16N2O4/c1-20-9-13-7-12(16-21-13)8-17-5-4-10-2-3-11(15(18)19)6-14(10)17/h2-3,6-7H,4-5,8-9H2,1H3,(H,18,19). The molecule has 6 nitrogen and oxygen atoms in total. The van der Waals surface area contributed by atoms with Crippen LogP contribution in [0.4, 0.5) is 5.69 Å². The maximum Gasteiger partial charge on any atom is 0.335 e. The van der Waals surface area contributed by atoms with Gasteiger partial charge in [-0.15, -0.1) is 0 Å². The molecule has 0 fully saturated rings. The molecule has 1 aromatic heterocycles. The molecule has 0 saturated heterocycles. The number of aromatic carboxylic acids is 1. The van der Waals surface area contributed by atoms with Crippen molar-refractivity contribution in [1.82, 2.24) is 5.16 Å². The zero-order valence-electron chi connectivity index (χ0n) is 11.7. The van der Waals surface area contributed by atoms with Crippen LogP contribution < -0.4 is 4.90 Å². The number of benzene rings is 1. The number of fused-ring (bicyclic) bond motifs is 1. The number of anilines is 1. The van der Waals surface area contributed by atoms with Crippen molar-refractivity contribution in [3.8, 4) is 0 Å². The van der Waals surface area contributed by atoms with Gasteiger partial charge in [-0.3, -0.25) is 0 Å². The minimum Gasteiger partial charge on any atom is -0.478 e. The number of rotatable bonds is 5. The summed E-state index contributed by atoms with van der Waals surface area (Å²) in [6.07, 6.45) is 0.915. The summed E-state index contributed by atoms with van der Waals surface area (Å²) < 4.78 is 10.2. The molecule has 0 radical (unpaired) electrons. The van der Waals surface area contributed by atoms with E-state index in [1.54, 1.807) is 19.2 Å². The van der Waals surface area contributed by atoms with Crippen molar-refractivity contribution in [3.05, 3.63) is 46.8 Å². The fourth-order valence-electron chi connectivity index (χ4n) is 2.58. The first-order valence-electron chi connectivity index (χ1n) is 6.72. The molecular formula is C15H16N2O4. The van der Waals surface area contributed by atoms with E-state index < -0.39 is 5.97 Å². The van der Waals surface area contributed by atoms with E-state index >= 15 is 0 Å². The SMILES string of the molecule is COCc1cc(CN2CCc3ccc(C(=O)O)cc32)no1. The van der Waals surface area contributed by atoms with E-state index in [9.17, 15) is 4.79 Å². The Balaban J connectivity index is 1.79. The Hall–Kier alpha value is -2.34. The van der Waals surface area contributed by atoms with Gasteiger partial charge in [0.25, 0.3) is 0 Å². The van der Waals surface area contributed by atoms with E-state index in [-0.39, 0.29) is 0 Å². The molecule has 3 rings (SSSR count). The average molecular weight is 288 g/mol. The molecule has 1 aliphatic rings. The van der Waals surface area contributed by atoms with Crippen LogP contribution in [0.25, 0.3) is 0 Å². The van der Waals surface area contributed by atoms with Gasteiger partial charge >= 0.3 is 5.97 Å². The number of carboxylic acid groups (broad SMARTS) is 1. The number of carboxylic acids is 1. The smallest absolute Gasteiger partial charge is 0.335 e. The second kappa shape index (κ2) is 5.57. The van der Waals surface area contributed by atoms with E-state index in [0.717, 1.165) is 24.3 Å². The number of aromatic nitrogens is 1. The highest BCUT2D eigenvalue weighted by Gasteiger charge is 2.21. The van der Waals surface area contributed by atoms with Gasteiger partial charge in [-0.25, -0.2) is 4.79 Å². The fraction of sp³-hybridized carbons (Fsp3) is 0.333. The van der Waals surface area contributed by atoms with E-state index in [4.69, 9.17) is 14.4 Å². The van der Waals surface area contributed by atoms with Gasteiger partial charge in [-0.1, -0.05) is 11.2 Å². The Labute approximate surface area is 121 Å². The highest BCUT2D eigenvalue weighted by Crippen LogP contribution is 2.30. The molecular weight excluding hydrogens is 272 g/mol. The van der Waals surface area contributed by atoms with Gasteiger partial charge in [0.05, 0.1) is 12.1 Å². The second-order valence-corrected chi connectivity index (χ2v) is 5.04. The molecule has 1 N–H and O–H groups in total. The van der Waals surface area contributed by atoms with E-state index in [1.165, 1.54) is 5.56 Å². The number of methoxy groups -OCH3 is 1. The largest absolute Gasteiger partial charge is 0.478 e. The topological polar surface area (TPSA) is 75.8 Å². The Morgan fingerprint density at radius 3 is 3.10 bits per heavy atom. The third-order valence-corrected chi connectivity index (χ3v) is 3.57. The Bertz CT molecular complexity index is 665. The molecule has 0 amide bonds. The average Bonchev–Trinajstić information content (AvgIpc) is 3.07. The first kappa shape index (κ1) is 13.6. The molecule has 2 aromatic rings. The summed E-state index contributed by atoms with van der Waals surface area (Å²) in [5.74, 6) is -0.223. The van der Waals surface area contributed by atoms with E-state index in [2.05, 4.69) is 10.1 Å². The van der Waals surface area contributed by atoms with Crippen LogP contribution in [0.5, 0.6) is 0 Å². The van der Waals surface area contributed by atoms with Crippen LogP contribution >= 0.6 is 0 Å². The van der Waals surface area contributed by atoms with Crippen LogP contribution in [0.1, 0.15) is 27.4 Å². The number of nitrogens with zero attached hydrogens (tertiary/aromatic N) is 2. The Kier molecular flexibility index (Phi) is 3.62. The van der Waals surface area contributed by atoms with Crippen LogP contribution in [0.3, 0.4) is 0 Å². The summed E-state index contributed by atoms with van der Waals surface area (Å²) in [7, 11) is 1.60. The monoisotopic (exact) mass is 288 g/mol. The molecule has 0 bridgehead atoms. The van der Waals surface area contributed by atoms with Gasteiger partial charge in [-0.2, -0.15) is 0 Å². The highest BCUT2D eigenvalue weighted by molar-refractivity contribution is 5.89. The second-order valence-electron chi connectivity index (χ2n) is 5.04. The maximum absolute atomic E-state index is 11.1. The molecule has 6 heteroatoms. The lowest BCUT2D eigenvalue weighted by molar-refractivity contribution is 0.0697. The number of hydrogen-bond donors (Lipinski definition) is 1. The van der Waals surface area contributed by atoms with Crippen LogP contribution in [-0.2, 0) is 24.3 Å². The number of carbonyl (C=O) groups is 1. The lowest BCUT2D eigenvalue weighted by Gasteiger charge is -2.17. The fourth-order valence-corrected chi connectivity index (χ4v) is 2.58. The molecule has 1 aliphatic heterocycles. The lowest BCUT2D eigenvalue weighted by Crippen LogP contribution is -2.20. The lowest BCUT2D eigenvalue weighted by atomic mass is 10.1. The van der Waals surface area contributed by atoms with Crippen molar-refractivity contribution in [2.75, 3.05) is 18.6 Å². The van der Waals surface area contributed by atoms with Crippen molar-refractivity contribution >= 4 is 11.7 Å². The maximum atomic E-state index is 11.1.